The zero-order valence-electron chi connectivity index (χ0n) is 12.1. The predicted molar refractivity (Wildman–Crippen MR) is 81.6 cm³/mol. The molecule has 116 valence electrons. The van der Waals surface area contributed by atoms with Gasteiger partial charge in [0.15, 0.2) is 0 Å². The number of anilines is 1. The summed E-state index contributed by atoms with van der Waals surface area (Å²) in [6, 6.07) is 8.06. The molecule has 7 heteroatoms. The zero-order valence-corrected chi connectivity index (χ0v) is 12.9. The molecule has 2 rings (SSSR count). The van der Waals surface area contributed by atoms with E-state index in [1.807, 2.05) is 0 Å². The van der Waals surface area contributed by atoms with Crippen LogP contribution in [0.4, 0.5) is 10.1 Å². The lowest BCUT2D eigenvalue weighted by Gasteiger charge is -2.11. The number of aryl methyl sites for hydroxylation is 1. The van der Waals surface area contributed by atoms with Crippen molar-refractivity contribution in [2.75, 3.05) is 5.32 Å². The number of nitrogens with two attached hydrogens (primary N) is 1. The minimum atomic E-state index is -3.92. The van der Waals surface area contributed by atoms with E-state index in [1.165, 1.54) is 30.3 Å². The molecule has 1 amide bonds. The third kappa shape index (κ3) is 3.49. The number of nitrogens with one attached hydrogen (secondary N) is 1. The van der Waals surface area contributed by atoms with Gasteiger partial charge in [0.05, 0.1) is 4.90 Å². The Morgan fingerprint density at radius 1 is 1.14 bits per heavy atom. The number of halogens is 1. The van der Waals surface area contributed by atoms with Crippen molar-refractivity contribution in [2.45, 2.75) is 18.7 Å². The van der Waals surface area contributed by atoms with Gasteiger partial charge in [-0.25, -0.2) is 17.9 Å². The third-order valence-corrected chi connectivity index (χ3v) is 4.33. The molecule has 0 aromatic heterocycles. The minimum absolute atomic E-state index is 0.0863. The van der Waals surface area contributed by atoms with Crippen molar-refractivity contribution in [3.63, 3.8) is 0 Å². The fraction of sp³-hybridized carbons (Fsp3) is 0.133. The molecule has 0 aliphatic carbocycles. The lowest BCUT2D eigenvalue weighted by atomic mass is 10.1. The number of amides is 1. The Morgan fingerprint density at radius 2 is 1.73 bits per heavy atom. The molecular formula is C15H15FN2O3S. The van der Waals surface area contributed by atoms with Crippen LogP contribution in [0, 0.1) is 19.7 Å². The number of carbonyl (C=O) groups is 1. The smallest absolute Gasteiger partial charge is 0.255 e. The number of hydrogen-bond acceptors (Lipinski definition) is 3. The van der Waals surface area contributed by atoms with Crippen LogP contribution in [0.5, 0.6) is 0 Å². The van der Waals surface area contributed by atoms with Gasteiger partial charge < -0.3 is 5.32 Å². The first-order chi connectivity index (χ1) is 10.2. The Hall–Kier alpha value is -2.25. The van der Waals surface area contributed by atoms with Gasteiger partial charge in [0.25, 0.3) is 5.91 Å². The Bertz CT molecular complexity index is 831. The maximum absolute atomic E-state index is 12.8. The number of sulfonamides is 1. The Kier molecular flexibility index (Phi) is 4.30. The van der Waals surface area contributed by atoms with Crippen molar-refractivity contribution in [3.8, 4) is 0 Å². The first-order valence-electron chi connectivity index (χ1n) is 6.39. The fourth-order valence-corrected chi connectivity index (χ4v) is 2.87. The summed E-state index contributed by atoms with van der Waals surface area (Å²) >= 11 is 0. The van der Waals surface area contributed by atoms with E-state index in [2.05, 4.69) is 5.32 Å². The maximum atomic E-state index is 12.8. The first kappa shape index (κ1) is 16.1. The summed E-state index contributed by atoms with van der Waals surface area (Å²) in [4.78, 5) is 12.1. The largest absolute Gasteiger partial charge is 0.322 e. The summed E-state index contributed by atoms with van der Waals surface area (Å²) in [5, 5.41) is 7.73. The van der Waals surface area contributed by atoms with Crippen molar-refractivity contribution < 1.29 is 17.6 Å². The Morgan fingerprint density at radius 3 is 2.27 bits per heavy atom. The van der Waals surface area contributed by atoms with E-state index in [-0.39, 0.29) is 10.5 Å². The number of primary sulfonamides is 1. The van der Waals surface area contributed by atoms with Gasteiger partial charge in [0.2, 0.25) is 10.0 Å². The molecule has 0 bridgehead atoms. The molecule has 0 saturated heterocycles. The molecule has 5 nitrogen and oxygen atoms in total. The second kappa shape index (κ2) is 5.86. The minimum Gasteiger partial charge on any atom is -0.322 e. The highest BCUT2D eigenvalue weighted by Gasteiger charge is 2.17. The second-order valence-electron chi connectivity index (χ2n) is 4.92. The quantitative estimate of drug-likeness (QED) is 0.909. The van der Waals surface area contributed by atoms with Crippen LogP contribution in [0.3, 0.4) is 0 Å². The molecule has 0 heterocycles. The van der Waals surface area contributed by atoms with Crippen LogP contribution in [-0.4, -0.2) is 14.3 Å². The van der Waals surface area contributed by atoms with E-state index in [0.29, 0.717) is 16.8 Å². The summed E-state index contributed by atoms with van der Waals surface area (Å²) in [6.45, 7) is 3.31. The number of hydrogen-bond donors (Lipinski definition) is 2. The summed E-state index contributed by atoms with van der Waals surface area (Å²) in [6.07, 6.45) is 0. The van der Waals surface area contributed by atoms with Crippen LogP contribution in [0.15, 0.2) is 41.3 Å². The molecule has 0 aliphatic heterocycles. The fourth-order valence-electron chi connectivity index (χ4n) is 1.99. The summed E-state index contributed by atoms with van der Waals surface area (Å²) in [5.74, 6) is -0.916. The number of carbonyl (C=O) groups excluding carboxylic acids is 1. The van der Waals surface area contributed by atoms with Gasteiger partial charge in [-0.2, -0.15) is 0 Å². The van der Waals surface area contributed by atoms with E-state index in [9.17, 15) is 17.6 Å². The van der Waals surface area contributed by atoms with Crippen LogP contribution in [0.1, 0.15) is 21.5 Å². The zero-order chi connectivity index (χ0) is 16.5. The van der Waals surface area contributed by atoms with Crippen LogP contribution in [-0.2, 0) is 10.0 Å². The van der Waals surface area contributed by atoms with Crippen LogP contribution < -0.4 is 10.5 Å². The lowest BCUT2D eigenvalue weighted by molar-refractivity contribution is 0.102. The van der Waals surface area contributed by atoms with Crippen LogP contribution in [0.2, 0.25) is 0 Å². The van der Waals surface area contributed by atoms with Gasteiger partial charge in [0, 0.05) is 11.3 Å². The first-order valence-corrected chi connectivity index (χ1v) is 7.94. The van der Waals surface area contributed by atoms with Gasteiger partial charge in [0.1, 0.15) is 5.82 Å². The Labute approximate surface area is 128 Å². The van der Waals surface area contributed by atoms with Gasteiger partial charge in [-0.1, -0.05) is 0 Å². The highest BCUT2D eigenvalue weighted by Crippen LogP contribution is 2.21. The topological polar surface area (TPSA) is 89.3 Å². The number of benzene rings is 2. The molecule has 0 spiro atoms. The normalized spacial score (nSPS) is 11.3. The van der Waals surface area contributed by atoms with Crippen molar-refractivity contribution in [3.05, 3.63) is 58.9 Å². The highest BCUT2D eigenvalue weighted by atomic mass is 32.2. The second-order valence-corrected chi connectivity index (χ2v) is 6.45. The molecule has 2 aromatic rings. The molecule has 0 atom stereocenters. The molecule has 0 unspecified atom stereocenters. The van der Waals surface area contributed by atoms with Crippen molar-refractivity contribution in [1.29, 1.82) is 0 Å². The molecule has 2 aromatic carbocycles. The lowest BCUT2D eigenvalue weighted by Crippen LogP contribution is -2.17. The molecule has 0 aliphatic rings. The average Bonchev–Trinajstić information content (AvgIpc) is 2.42. The van der Waals surface area contributed by atoms with Crippen LogP contribution in [0.25, 0.3) is 0 Å². The summed E-state index contributed by atoms with van der Waals surface area (Å²) in [5.41, 5.74) is 1.70. The predicted octanol–water partition coefficient (Wildman–Crippen LogP) is 2.34. The van der Waals surface area contributed by atoms with Gasteiger partial charge >= 0.3 is 0 Å². The molecule has 0 saturated carbocycles. The standard InChI is InChI=1S/C15H15FN2O3S/c1-9-7-11(8-14(10(9)2)22(17,20)21)15(19)18-13-5-3-12(16)4-6-13/h3-8H,1-2H3,(H,18,19)(H2,17,20,21). The van der Waals surface area contributed by atoms with Crippen molar-refractivity contribution in [2.24, 2.45) is 5.14 Å². The molecular weight excluding hydrogens is 307 g/mol. The van der Waals surface area contributed by atoms with E-state index in [0.717, 1.165) is 0 Å². The van der Waals surface area contributed by atoms with E-state index >= 15 is 0 Å². The highest BCUT2D eigenvalue weighted by molar-refractivity contribution is 7.89. The average molecular weight is 322 g/mol. The van der Waals surface area contributed by atoms with E-state index < -0.39 is 21.7 Å². The molecule has 22 heavy (non-hydrogen) atoms. The van der Waals surface area contributed by atoms with Crippen LogP contribution >= 0.6 is 0 Å². The summed E-state index contributed by atoms with van der Waals surface area (Å²) in [7, 11) is -3.92. The Balaban J connectivity index is 2.38. The van der Waals surface area contributed by atoms with E-state index in [4.69, 9.17) is 5.14 Å². The van der Waals surface area contributed by atoms with Gasteiger partial charge in [-0.3, -0.25) is 4.79 Å². The SMILES string of the molecule is Cc1cc(C(=O)Nc2ccc(F)cc2)cc(S(N)(=O)=O)c1C. The molecule has 0 fully saturated rings. The summed E-state index contributed by atoms with van der Waals surface area (Å²) < 4.78 is 36.0. The number of rotatable bonds is 3. The van der Waals surface area contributed by atoms with Crippen molar-refractivity contribution in [1.82, 2.24) is 0 Å². The monoisotopic (exact) mass is 322 g/mol. The van der Waals surface area contributed by atoms with E-state index in [1.54, 1.807) is 19.9 Å². The third-order valence-electron chi connectivity index (χ3n) is 3.29. The van der Waals surface area contributed by atoms with Gasteiger partial charge in [-0.05, 0) is 61.4 Å². The maximum Gasteiger partial charge on any atom is 0.255 e. The molecule has 0 radical (unpaired) electrons. The van der Waals surface area contributed by atoms with Crippen molar-refractivity contribution >= 4 is 21.6 Å². The molecule has 3 N–H and O–H groups in total. The van der Waals surface area contributed by atoms with Gasteiger partial charge in [-0.15, -0.1) is 0 Å².